The van der Waals surface area contributed by atoms with Gasteiger partial charge in [0.05, 0.1) is 6.54 Å². The summed E-state index contributed by atoms with van der Waals surface area (Å²) in [6.07, 6.45) is 3.63. The summed E-state index contributed by atoms with van der Waals surface area (Å²) in [5, 5.41) is 15.5. The lowest BCUT2D eigenvalue weighted by Gasteiger charge is -2.32. The molecule has 1 fully saturated rings. The zero-order valence-corrected chi connectivity index (χ0v) is 13.0. The molecule has 114 valence electrons. The van der Waals surface area contributed by atoms with Gasteiger partial charge in [0, 0.05) is 19.1 Å². The summed E-state index contributed by atoms with van der Waals surface area (Å²) < 4.78 is 1.94. The zero-order chi connectivity index (χ0) is 14.4. The average molecular weight is 280 g/mol. The van der Waals surface area contributed by atoms with Gasteiger partial charge in [-0.3, -0.25) is 4.90 Å². The Bertz CT molecular complexity index is 383. The Morgan fingerprint density at radius 2 is 2.10 bits per heavy atom. The Morgan fingerprint density at radius 1 is 1.35 bits per heavy atom. The van der Waals surface area contributed by atoms with Crippen molar-refractivity contribution in [2.24, 2.45) is 5.92 Å². The molecule has 0 amide bonds. The van der Waals surface area contributed by atoms with E-state index in [1.54, 1.807) is 0 Å². The van der Waals surface area contributed by atoms with Crippen molar-refractivity contribution < 1.29 is 0 Å². The Hall–Kier alpha value is -1.01. The molecule has 2 heterocycles. The second-order valence-electron chi connectivity index (χ2n) is 6.03. The standard InChI is InChI=1S/C14H28N6/c1-4-9-20-14(16-17-18-20)11-19(12(2)3)10-13-5-7-15-8-6-13/h12-13,15H,4-11H2,1-3H3. The van der Waals surface area contributed by atoms with Crippen molar-refractivity contribution in [1.82, 2.24) is 30.4 Å². The second-order valence-corrected chi connectivity index (χ2v) is 6.03. The molecule has 0 saturated carbocycles. The molecule has 0 aromatic carbocycles. The predicted molar refractivity (Wildman–Crippen MR) is 79.2 cm³/mol. The monoisotopic (exact) mass is 280 g/mol. The lowest BCUT2D eigenvalue weighted by atomic mass is 9.97. The number of hydrogen-bond donors (Lipinski definition) is 1. The number of nitrogens with zero attached hydrogens (tertiary/aromatic N) is 5. The first-order chi connectivity index (χ1) is 9.70. The molecule has 1 aromatic heterocycles. The quantitative estimate of drug-likeness (QED) is 0.815. The number of nitrogens with one attached hydrogen (secondary N) is 1. The summed E-state index contributed by atoms with van der Waals surface area (Å²) in [7, 11) is 0. The molecule has 0 unspecified atom stereocenters. The highest BCUT2D eigenvalue weighted by Crippen LogP contribution is 2.16. The topological polar surface area (TPSA) is 58.9 Å². The molecule has 1 N–H and O–H groups in total. The van der Waals surface area contributed by atoms with Gasteiger partial charge in [0.2, 0.25) is 0 Å². The first-order valence-corrected chi connectivity index (χ1v) is 7.90. The van der Waals surface area contributed by atoms with Crippen molar-refractivity contribution in [3.63, 3.8) is 0 Å². The van der Waals surface area contributed by atoms with Crippen molar-refractivity contribution in [2.75, 3.05) is 19.6 Å². The van der Waals surface area contributed by atoms with Gasteiger partial charge in [0.1, 0.15) is 0 Å². The van der Waals surface area contributed by atoms with E-state index in [9.17, 15) is 0 Å². The number of hydrogen-bond acceptors (Lipinski definition) is 5. The highest BCUT2D eigenvalue weighted by Gasteiger charge is 2.20. The molecular weight excluding hydrogens is 252 g/mol. The Balaban J connectivity index is 1.95. The van der Waals surface area contributed by atoms with Crippen LogP contribution < -0.4 is 5.32 Å². The smallest absolute Gasteiger partial charge is 0.165 e. The van der Waals surface area contributed by atoms with Gasteiger partial charge in [-0.05, 0) is 62.5 Å². The minimum atomic E-state index is 0.525. The number of tetrazole rings is 1. The van der Waals surface area contributed by atoms with Crippen LogP contribution in [0.5, 0.6) is 0 Å². The SMILES string of the molecule is CCCn1nnnc1CN(CC1CCNCC1)C(C)C. The molecule has 2 rings (SSSR count). The second kappa shape index (κ2) is 7.69. The van der Waals surface area contributed by atoms with Crippen molar-refractivity contribution >= 4 is 0 Å². The van der Waals surface area contributed by atoms with E-state index >= 15 is 0 Å². The third-order valence-electron chi connectivity index (χ3n) is 4.07. The third-order valence-corrected chi connectivity index (χ3v) is 4.07. The van der Waals surface area contributed by atoms with Gasteiger partial charge >= 0.3 is 0 Å². The van der Waals surface area contributed by atoms with E-state index in [0.29, 0.717) is 6.04 Å². The summed E-state index contributed by atoms with van der Waals surface area (Å²) in [4.78, 5) is 2.51. The van der Waals surface area contributed by atoms with E-state index in [-0.39, 0.29) is 0 Å². The van der Waals surface area contributed by atoms with Crippen molar-refractivity contribution in [2.45, 2.75) is 59.2 Å². The van der Waals surface area contributed by atoms with Crippen LogP contribution in [0.4, 0.5) is 0 Å². The first kappa shape index (κ1) is 15.4. The third kappa shape index (κ3) is 4.24. The fourth-order valence-corrected chi connectivity index (χ4v) is 2.76. The molecule has 1 saturated heterocycles. The maximum Gasteiger partial charge on any atom is 0.165 e. The normalized spacial score (nSPS) is 17.2. The van der Waals surface area contributed by atoms with Crippen LogP contribution in [-0.2, 0) is 13.1 Å². The van der Waals surface area contributed by atoms with Crippen LogP contribution in [0.15, 0.2) is 0 Å². The van der Waals surface area contributed by atoms with Gasteiger partial charge in [0.25, 0.3) is 0 Å². The number of aryl methyl sites for hydroxylation is 1. The van der Waals surface area contributed by atoms with Gasteiger partial charge in [-0.2, -0.15) is 0 Å². The summed E-state index contributed by atoms with van der Waals surface area (Å²) in [6, 6.07) is 0.525. The molecule has 0 radical (unpaired) electrons. The lowest BCUT2D eigenvalue weighted by molar-refractivity contribution is 0.155. The van der Waals surface area contributed by atoms with Gasteiger partial charge in [-0.1, -0.05) is 6.92 Å². The molecule has 1 aliphatic rings. The minimum absolute atomic E-state index is 0.525. The van der Waals surface area contributed by atoms with E-state index in [1.807, 2.05) is 4.68 Å². The van der Waals surface area contributed by atoms with Crippen molar-refractivity contribution in [1.29, 1.82) is 0 Å². The molecule has 0 bridgehead atoms. The molecule has 0 atom stereocenters. The molecule has 6 heteroatoms. The van der Waals surface area contributed by atoms with E-state index in [1.165, 1.54) is 12.8 Å². The molecular formula is C14H28N6. The van der Waals surface area contributed by atoms with Gasteiger partial charge in [-0.15, -0.1) is 5.10 Å². The Labute approximate surface area is 121 Å². The number of aromatic nitrogens is 4. The molecule has 0 spiro atoms. The van der Waals surface area contributed by atoms with Crippen LogP contribution >= 0.6 is 0 Å². The maximum absolute atomic E-state index is 4.20. The predicted octanol–water partition coefficient (Wildman–Crippen LogP) is 1.29. The van der Waals surface area contributed by atoms with Gasteiger partial charge < -0.3 is 5.32 Å². The number of piperidine rings is 1. The molecule has 1 aliphatic heterocycles. The Morgan fingerprint density at radius 3 is 2.75 bits per heavy atom. The van der Waals surface area contributed by atoms with Crippen LogP contribution in [0.2, 0.25) is 0 Å². The van der Waals surface area contributed by atoms with E-state index in [4.69, 9.17) is 0 Å². The van der Waals surface area contributed by atoms with E-state index < -0.39 is 0 Å². The average Bonchev–Trinajstić information content (AvgIpc) is 2.87. The van der Waals surface area contributed by atoms with Gasteiger partial charge in [-0.25, -0.2) is 4.68 Å². The van der Waals surface area contributed by atoms with Crippen LogP contribution in [0.25, 0.3) is 0 Å². The maximum atomic E-state index is 4.20. The van der Waals surface area contributed by atoms with Gasteiger partial charge in [0.15, 0.2) is 5.82 Å². The summed E-state index contributed by atoms with van der Waals surface area (Å²) >= 11 is 0. The molecule has 20 heavy (non-hydrogen) atoms. The van der Waals surface area contributed by atoms with Crippen LogP contribution in [0.1, 0.15) is 45.9 Å². The number of rotatable bonds is 7. The molecule has 0 aliphatic carbocycles. The summed E-state index contributed by atoms with van der Waals surface area (Å²) in [5.41, 5.74) is 0. The zero-order valence-electron chi connectivity index (χ0n) is 13.0. The van der Waals surface area contributed by atoms with Crippen LogP contribution in [0.3, 0.4) is 0 Å². The molecule has 1 aromatic rings. The summed E-state index contributed by atoms with van der Waals surface area (Å²) in [6.45, 7) is 11.9. The fraction of sp³-hybridized carbons (Fsp3) is 0.929. The highest BCUT2D eigenvalue weighted by molar-refractivity contribution is 4.84. The molecule has 6 nitrogen and oxygen atoms in total. The van der Waals surface area contributed by atoms with E-state index in [0.717, 1.165) is 50.9 Å². The van der Waals surface area contributed by atoms with Crippen LogP contribution in [-0.4, -0.2) is 50.8 Å². The largest absolute Gasteiger partial charge is 0.317 e. The Kier molecular flexibility index (Phi) is 5.91. The van der Waals surface area contributed by atoms with Crippen molar-refractivity contribution in [3.8, 4) is 0 Å². The van der Waals surface area contributed by atoms with E-state index in [2.05, 4.69) is 46.5 Å². The highest BCUT2D eigenvalue weighted by atomic mass is 15.5. The fourth-order valence-electron chi connectivity index (χ4n) is 2.76. The van der Waals surface area contributed by atoms with Crippen molar-refractivity contribution in [3.05, 3.63) is 5.82 Å². The lowest BCUT2D eigenvalue weighted by Crippen LogP contribution is -2.39. The van der Waals surface area contributed by atoms with Crippen LogP contribution in [0, 0.1) is 5.92 Å². The minimum Gasteiger partial charge on any atom is -0.317 e. The summed E-state index contributed by atoms with van der Waals surface area (Å²) in [5.74, 6) is 1.80. The first-order valence-electron chi connectivity index (χ1n) is 7.90.